The Morgan fingerprint density at radius 3 is 2.38 bits per heavy atom. The fourth-order valence-electron chi connectivity index (χ4n) is 0.149. The molecule has 6 heteroatoms. The molecule has 0 amide bonds. The molecule has 0 aliphatic carbocycles. The lowest BCUT2D eigenvalue weighted by atomic mass is 11.7. The first kappa shape index (κ1) is 8.35. The molecule has 8 heavy (non-hydrogen) atoms. The van der Waals surface area contributed by atoms with Gasteiger partial charge in [0.05, 0.1) is 7.11 Å². The van der Waals surface area contributed by atoms with Gasteiger partial charge in [-0.2, -0.15) is 0 Å². The van der Waals surface area contributed by atoms with Gasteiger partial charge in [-0.25, -0.2) is 8.42 Å². The van der Waals surface area contributed by atoms with Gasteiger partial charge in [0, 0.05) is 0 Å². The van der Waals surface area contributed by atoms with Gasteiger partial charge >= 0.3 is 0 Å². The number of nitrogens with one attached hydrogen (secondary N) is 1. The lowest BCUT2D eigenvalue weighted by Crippen LogP contribution is -2.22. The second kappa shape index (κ2) is 3.39. The second-order valence-electron chi connectivity index (χ2n) is 1.01. The zero-order chi connectivity index (χ0) is 6.62. The molecule has 0 bridgehead atoms. The summed E-state index contributed by atoms with van der Waals surface area (Å²) in [6, 6.07) is 0. The van der Waals surface area contributed by atoms with Crippen molar-refractivity contribution in [1.82, 2.24) is 4.89 Å². The van der Waals surface area contributed by atoms with Gasteiger partial charge in [0.1, 0.15) is 4.66 Å². The van der Waals surface area contributed by atoms with Gasteiger partial charge in [-0.3, -0.25) is 4.84 Å². The molecule has 0 aliphatic heterocycles. The summed E-state index contributed by atoms with van der Waals surface area (Å²) in [6.07, 6.45) is 0. The topological polar surface area (TPSA) is 55.4 Å². The Balaban J connectivity index is 3.76. The molecule has 1 N–H and O–H groups in total. The van der Waals surface area contributed by atoms with Gasteiger partial charge in [0.2, 0.25) is 10.0 Å². The second-order valence-corrected chi connectivity index (χ2v) is 4.00. The van der Waals surface area contributed by atoms with Gasteiger partial charge in [0.15, 0.2) is 0 Å². The monoisotopic (exact) mass is 203 g/mol. The summed E-state index contributed by atoms with van der Waals surface area (Å²) in [5.74, 6) is 0. The number of hydrogen-bond donors (Lipinski definition) is 1. The van der Waals surface area contributed by atoms with E-state index in [2.05, 4.69) is 20.8 Å². The van der Waals surface area contributed by atoms with E-state index in [1.54, 1.807) is 4.89 Å². The molecule has 0 fully saturated rings. The lowest BCUT2D eigenvalue weighted by molar-refractivity contribution is 0.154. The number of sulfonamides is 1. The molecule has 0 unspecified atom stereocenters. The van der Waals surface area contributed by atoms with Crippen molar-refractivity contribution < 1.29 is 13.3 Å². The molecule has 0 heterocycles. The van der Waals surface area contributed by atoms with Crippen LogP contribution >= 0.6 is 15.9 Å². The number of rotatable bonds is 3. The van der Waals surface area contributed by atoms with Crippen molar-refractivity contribution in [3.05, 3.63) is 0 Å². The number of halogens is 1. The predicted octanol–water partition coefficient (Wildman–Crippen LogP) is -0.180. The van der Waals surface area contributed by atoms with E-state index in [0.29, 0.717) is 0 Å². The van der Waals surface area contributed by atoms with E-state index in [4.69, 9.17) is 0 Å². The normalized spacial score (nSPS) is 11.8. The Morgan fingerprint density at radius 1 is 1.75 bits per heavy atom. The van der Waals surface area contributed by atoms with Crippen LogP contribution in [0.15, 0.2) is 0 Å². The van der Waals surface area contributed by atoms with E-state index >= 15 is 0 Å². The molecular weight excluding hydrogens is 198 g/mol. The number of hydrogen-bond acceptors (Lipinski definition) is 3. The number of alkyl halides is 1. The predicted molar refractivity (Wildman–Crippen MR) is 32.9 cm³/mol. The molecule has 0 rings (SSSR count). The quantitative estimate of drug-likeness (QED) is 0.512. The average molecular weight is 204 g/mol. The average Bonchev–Trinajstić information content (AvgIpc) is 1.67. The fraction of sp³-hybridized carbons (Fsp3) is 1.00. The first-order valence-electron chi connectivity index (χ1n) is 1.71. The Kier molecular flexibility index (Phi) is 3.54. The van der Waals surface area contributed by atoms with E-state index in [-0.39, 0.29) is 4.66 Å². The largest absolute Gasteiger partial charge is 0.290 e. The third-order valence-corrected chi connectivity index (χ3v) is 2.87. The van der Waals surface area contributed by atoms with Crippen LogP contribution in [0.2, 0.25) is 0 Å². The maximum absolute atomic E-state index is 10.3. The van der Waals surface area contributed by atoms with Crippen molar-refractivity contribution in [3.63, 3.8) is 0 Å². The highest BCUT2D eigenvalue weighted by molar-refractivity contribution is 9.10. The van der Waals surface area contributed by atoms with Crippen molar-refractivity contribution in [2.45, 2.75) is 0 Å². The molecule has 0 spiro atoms. The maximum Gasteiger partial charge on any atom is 0.243 e. The summed E-state index contributed by atoms with van der Waals surface area (Å²) < 4.78 is 20.5. The first-order valence-corrected chi connectivity index (χ1v) is 4.48. The molecule has 0 radical (unpaired) electrons. The molecule has 4 nitrogen and oxygen atoms in total. The van der Waals surface area contributed by atoms with Gasteiger partial charge in [0.25, 0.3) is 0 Å². The molecule has 0 saturated carbocycles. The van der Waals surface area contributed by atoms with Gasteiger partial charge in [-0.1, -0.05) is 20.8 Å². The minimum atomic E-state index is -3.23. The molecule has 0 aromatic rings. The van der Waals surface area contributed by atoms with E-state index in [1.807, 2.05) is 0 Å². The first-order chi connectivity index (χ1) is 3.62. The zero-order valence-electron chi connectivity index (χ0n) is 4.22. The summed E-state index contributed by atoms with van der Waals surface area (Å²) in [5, 5.41) is 0. The van der Waals surface area contributed by atoms with Gasteiger partial charge in [-0.05, 0) is 0 Å². The summed E-state index contributed by atoms with van der Waals surface area (Å²) in [7, 11) is -1.99. The highest BCUT2D eigenvalue weighted by Gasteiger charge is 2.03. The van der Waals surface area contributed by atoms with Gasteiger partial charge < -0.3 is 0 Å². The van der Waals surface area contributed by atoms with Crippen LogP contribution in [0.5, 0.6) is 0 Å². The van der Waals surface area contributed by atoms with Crippen molar-refractivity contribution in [2.75, 3.05) is 11.8 Å². The summed E-state index contributed by atoms with van der Waals surface area (Å²) in [4.78, 5) is 5.93. The highest BCUT2D eigenvalue weighted by atomic mass is 79.9. The maximum atomic E-state index is 10.3. The van der Waals surface area contributed by atoms with E-state index in [0.717, 1.165) is 0 Å². The van der Waals surface area contributed by atoms with Crippen LogP contribution in [-0.2, 0) is 14.9 Å². The summed E-state index contributed by atoms with van der Waals surface area (Å²) in [5.41, 5.74) is 0. The van der Waals surface area contributed by atoms with E-state index in [9.17, 15) is 8.42 Å². The Labute approximate surface area is 56.3 Å². The van der Waals surface area contributed by atoms with Crippen molar-refractivity contribution in [1.29, 1.82) is 0 Å². The molecule has 0 atom stereocenters. The summed E-state index contributed by atoms with van der Waals surface area (Å²) >= 11 is 2.74. The molecule has 0 saturated heterocycles. The standard InChI is InChI=1S/C2H6BrNO3S/c1-7-4-8(5,6)2-3/h4H,2H2,1H3. The van der Waals surface area contributed by atoms with E-state index in [1.165, 1.54) is 7.11 Å². The Bertz CT molecular complexity index is 141. The van der Waals surface area contributed by atoms with Crippen molar-refractivity contribution in [2.24, 2.45) is 0 Å². The summed E-state index contributed by atoms with van der Waals surface area (Å²) in [6.45, 7) is 0. The van der Waals surface area contributed by atoms with E-state index < -0.39 is 10.0 Å². The molecule has 0 aromatic carbocycles. The zero-order valence-corrected chi connectivity index (χ0v) is 6.62. The van der Waals surface area contributed by atoms with Crippen molar-refractivity contribution >= 4 is 26.0 Å². The lowest BCUT2D eigenvalue weighted by Gasteiger charge is -1.96. The molecule has 0 aliphatic rings. The van der Waals surface area contributed by atoms with Crippen LogP contribution in [0.1, 0.15) is 0 Å². The van der Waals surface area contributed by atoms with Crippen molar-refractivity contribution in [3.8, 4) is 0 Å². The van der Waals surface area contributed by atoms with Crippen LogP contribution in [-0.4, -0.2) is 20.2 Å². The minimum Gasteiger partial charge on any atom is -0.290 e. The Hall–Kier alpha value is 0.350. The van der Waals surface area contributed by atoms with Crippen LogP contribution in [0.3, 0.4) is 0 Å². The van der Waals surface area contributed by atoms with Gasteiger partial charge in [-0.15, -0.1) is 0 Å². The molecular formula is C2H6BrNO3S. The van der Waals surface area contributed by atoms with Crippen LogP contribution in [0, 0.1) is 0 Å². The smallest absolute Gasteiger partial charge is 0.243 e. The highest BCUT2D eigenvalue weighted by Crippen LogP contribution is 1.88. The van der Waals surface area contributed by atoms with Crippen LogP contribution in [0.25, 0.3) is 0 Å². The fourth-order valence-corrected chi connectivity index (χ4v) is 0.728. The third-order valence-electron chi connectivity index (χ3n) is 0.354. The third kappa shape index (κ3) is 3.36. The molecule has 0 aromatic heterocycles. The van der Waals surface area contributed by atoms with Crippen LogP contribution < -0.4 is 4.89 Å². The SMILES string of the molecule is CONS(=O)(=O)CBr. The Morgan fingerprint density at radius 2 is 2.25 bits per heavy atom. The molecule has 50 valence electrons. The van der Waals surface area contributed by atoms with Crippen LogP contribution in [0.4, 0.5) is 0 Å². The minimum absolute atomic E-state index is 0.145.